The van der Waals surface area contributed by atoms with Crippen LogP contribution in [0.4, 0.5) is 0 Å². The molecule has 0 aliphatic carbocycles. The van der Waals surface area contributed by atoms with Gasteiger partial charge in [0.05, 0.1) is 19.8 Å². The first kappa shape index (κ1) is 22.5. The van der Waals surface area contributed by atoms with Gasteiger partial charge in [-0.15, -0.1) is 0 Å². The second-order valence-electron chi connectivity index (χ2n) is 8.03. The summed E-state index contributed by atoms with van der Waals surface area (Å²) in [5.41, 5.74) is 2.52. The maximum atomic E-state index is 10.4. The first-order valence-corrected chi connectivity index (χ1v) is 10.8. The molecular weight excluding hydrogens is 424 g/mol. The fraction of sp³-hybridized carbons (Fsp3) is 0.478. The van der Waals surface area contributed by atoms with Crippen molar-refractivity contribution in [1.29, 1.82) is 0 Å². The number of hydrogen-bond donors (Lipinski definition) is 4. The number of benzene rings is 2. The van der Waals surface area contributed by atoms with Gasteiger partial charge in [0.2, 0.25) is 0 Å². The summed E-state index contributed by atoms with van der Waals surface area (Å²) in [5.74, 6) is 0.795. The van der Waals surface area contributed by atoms with Crippen molar-refractivity contribution in [1.82, 2.24) is 0 Å². The van der Waals surface area contributed by atoms with Gasteiger partial charge < -0.3 is 34.6 Å². The lowest BCUT2D eigenvalue weighted by molar-refractivity contribution is -0.0820. The molecule has 2 heterocycles. The van der Waals surface area contributed by atoms with E-state index in [0.29, 0.717) is 23.6 Å². The highest BCUT2D eigenvalue weighted by molar-refractivity contribution is 6.31. The Bertz CT molecular complexity index is 869. The summed E-state index contributed by atoms with van der Waals surface area (Å²) >= 11 is 6.40. The van der Waals surface area contributed by atoms with E-state index in [1.54, 1.807) is 12.1 Å². The van der Waals surface area contributed by atoms with E-state index in [-0.39, 0.29) is 6.10 Å². The predicted molar refractivity (Wildman–Crippen MR) is 113 cm³/mol. The van der Waals surface area contributed by atoms with Crippen LogP contribution in [0, 0.1) is 0 Å². The third kappa shape index (κ3) is 5.04. The van der Waals surface area contributed by atoms with E-state index in [0.717, 1.165) is 29.9 Å². The molecule has 168 valence electrons. The van der Waals surface area contributed by atoms with Gasteiger partial charge in [-0.3, -0.25) is 0 Å². The van der Waals surface area contributed by atoms with Crippen molar-refractivity contribution in [3.63, 3.8) is 0 Å². The molecule has 6 atom stereocenters. The molecule has 4 N–H and O–H groups in total. The Balaban J connectivity index is 1.47. The van der Waals surface area contributed by atoms with Crippen molar-refractivity contribution >= 4 is 11.6 Å². The fourth-order valence-electron chi connectivity index (χ4n) is 4.01. The highest BCUT2D eigenvalue weighted by Crippen LogP contribution is 2.36. The SMILES string of the molecule is OC[C@@H](O)[C@@H]1O[C@H](c2ccc(Cl)c(Cc3ccc(O[C@H]4CCOC4)cc3)c2)[C@H](O)[C@H]1O. The smallest absolute Gasteiger partial charge is 0.124 e. The van der Waals surface area contributed by atoms with Crippen LogP contribution < -0.4 is 4.74 Å². The lowest BCUT2D eigenvalue weighted by atomic mass is 9.96. The Labute approximate surface area is 185 Å². The van der Waals surface area contributed by atoms with E-state index in [2.05, 4.69) is 0 Å². The Morgan fingerprint density at radius 2 is 1.87 bits per heavy atom. The van der Waals surface area contributed by atoms with E-state index in [1.165, 1.54) is 0 Å². The van der Waals surface area contributed by atoms with Crippen LogP contribution in [0.1, 0.15) is 29.2 Å². The van der Waals surface area contributed by atoms with Gasteiger partial charge in [0, 0.05) is 11.4 Å². The molecule has 0 radical (unpaired) electrons. The largest absolute Gasteiger partial charge is 0.488 e. The van der Waals surface area contributed by atoms with Crippen molar-refractivity contribution in [2.75, 3.05) is 19.8 Å². The summed E-state index contributed by atoms with van der Waals surface area (Å²) in [6.07, 6.45) is -4.15. The molecule has 8 heteroatoms. The number of ether oxygens (including phenoxy) is 3. The first-order valence-electron chi connectivity index (χ1n) is 10.4. The van der Waals surface area contributed by atoms with Crippen LogP contribution in [0.3, 0.4) is 0 Å². The fourth-order valence-corrected chi connectivity index (χ4v) is 4.20. The normalized spacial score (nSPS) is 29.3. The molecule has 0 saturated carbocycles. The second-order valence-corrected chi connectivity index (χ2v) is 8.43. The van der Waals surface area contributed by atoms with Gasteiger partial charge in [0.25, 0.3) is 0 Å². The van der Waals surface area contributed by atoms with Crippen molar-refractivity contribution < 1.29 is 34.6 Å². The maximum absolute atomic E-state index is 10.4. The summed E-state index contributed by atoms with van der Waals surface area (Å²) in [7, 11) is 0. The van der Waals surface area contributed by atoms with Gasteiger partial charge in [-0.1, -0.05) is 35.9 Å². The van der Waals surface area contributed by atoms with Gasteiger partial charge in [-0.05, 0) is 41.3 Å². The highest BCUT2D eigenvalue weighted by Gasteiger charge is 2.46. The zero-order chi connectivity index (χ0) is 22.0. The molecule has 2 fully saturated rings. The lowest BCUT2D eigenvalue weighted by Gasteiger charge is -2.19. The summed E-state index contributed by atoms with van der Waals surface area (Å²) in [5, 5.41) is 40.1. The molecule has 4 rings (SSSR count). The minimum absolute atomic E-state index is 0.0957. The molecule has 2 aliphatic rings. The molecule has 0 unspecified atom stereocenters. The predicted octanol–water partition coefficient (Wildman–Crippen LogP) is 1.61. The third-order valence-electron chi connectivity index (χ3n) is 5.77. The summed E-state index contributed by atoms with van der Waals surface area (Å²) in [6.45, 7) is 0.776. The maximum Gasteiger partial charge on any atom is 0.124 e. The average molecular weight is 451 g/mol. The number of halogens is 1. The van der Waals surface area contributed by atoms with Crippen molar-refractivity contribution in [3.8, 4) is 5.75 Å². The van der Waals surface area contributed by atoms with E-state index in [4.69, 9.17) is 30.9 Å². The Morgan fingerprint density at radius 1 is 1.10 bits per heavy atom. The second kappa shape index (κ2) is 9.83. The molecule has 7 nitrogen and oxygen atoms in total. The van der Waals surface area contributed by atoms with Crippen molar-refractivity contribution in [2.24, 2.45) is 0 Å². The standard InChI is InChI=1S/C23H27ClO7/c24-18-6-3-14(22-20(27)21(28)23(31-22)19(26)11-25)10-15(18)9-13-1-4-16(5-2-13)30-17-7-8-29-12-17/h1-6,10,17,19-23,25-28H,7-9,11-12H2/t17-,19+,20+,21+,22+,23-/m0/s1. The zero-order valence-corrected chi connectivity index (χ0v) is 17.7. The molecule has 2 aliphatic heterocycles. The molecule has 0 spiro atoms. The van der Waals surface area contributed by atoms with E-state index >= 15 is 0 Å². The summed E-state index contributed by atoms with van der Waals surface area (Å²) in [4.78, 5) is 0. The first-order chi connectivity index (χ1) is 15.0. The van der Waals surface area contributed by atoms with Gasteiger partial charge in [-0.25, -0.2) is 0 Å². The average Bonchev–Trinajstić information content (AvgIpc) is 3.39. The van der Waals surface area contributed by atoms with Crippen LogP contribution in [0.25, 0.3) is 0 Å². The number of hydrogen-bond acceptors (Lipinski definition) is 7. The molecule has 2 aromatic carbocycles. The van der Waals surface area contributed by atoms with E-state index < -0.39 is 37.1 Å². The Hall–Kier alpha value is -1.71. The minimum atomic E-state index is -1.30. The Morgan fingerprint density at radius 3 is 2.55 bits per heavy atom. The van der Waals surface area contributed by atoms with Crippen LogP contribution in [0.5, 0.6) is 5.75 Å². The zero-order valence-electron chi connectivity index (χ0n) is 16.9. The van der Waals surface area contributed by atoms with Crippen LogP contribution in [0.2, 0.25) is 5.02 Å². The molecule has 2 aromatic rings. The summed E-state index contributed by atoms with van der Waals surface area (Å²) < 4.78 is 16.9. The number of aliphatic hydroxyl groups is 4. The van der Waals surface area contributed by atoms with E-state index in [1.807, 2.05) is 30.3 Å². The van der Waals surface area contributed by atoms with Crippen LogP contribution >= 0.6 is 11.6 Å². The minimum Gasteiger partial charge on any atom is -0.488 e. The molecule has 0 aromatic heterocycles. The van der Waals surface area contributed by atoms with Gasteiger partial charge in [0.1, 0.15) is 42.4 Å². The van der Waals surface area contributed by atoms with Crippen LogP contribution in [0.15, 0.2) is 42.5 Å². The monoisotopic (exact) mass is 450 g/mol. The lowest BCUT2D eigenvalue weighted by Crippen LogP contribution is -2.40. The topological polar surface area (TPSA) is 109 Å². The third-order valence-corrected chi connectivity index (χ3v) is 6.14. The van der Waals surface area contributed by atoms with E-state index in [9.17, 15) is 15.3 Å². The quantitative estimate of drug-likeness (QED) is 0.507. The molecule has 31 heavy (non-hydrogen) atoms. The number of aliphatic hydroxyl groups excluding tert-OH is 4. The van der Waals surface area contributed by atoms with Gasteiger partial charge in [0.15, 0.2) is 0 Å². The van der Waals surface area contributed by atoms with Gasteiger partial charge in [-0.2, -0.15) is 0 Å². The Kier molecular flexibility index (Phi) is 7.13. The molecule has 2 saturated heterocycles. The molecular formula is C23H27ClO7. The van der Waals surface area contributed by atoms with Crippen molar-refractivity contribution in [3.05, 3.63) is 64.2 Å². The molecule has 0 bridgehead atoms. The molecule has 0 amide bonds. The number of rotatable bonds is 7. The van der Waals surface area contributed by atoms with Gasteiger partial charge >= 0.3 is 0 Å². The van der Waals surface area contributed by atoms with Crippen LogP contribution in [-0.4, -0.2) is 70.8 Å². The van der Waals surface area contributed by atoms with Crippen molar-refractivity contribution in [2.45, 2.75) is 49.5 Å². The highest BCUT2D eigenvalue weighted by atomic mass is 35.5. The summed E-state index contributed by atoms with van der Waals surface area (Å²) in [6, 6.07) is 13.1. The van der Waals surface area contributed by atoms with Crippen LogP contribution in [-0.2, 0) is 15.9 Å².